The Bertz CT molecular complexity index is 603. The van der Waals surface area contributed by atoms with Crippen molar-refractivity contribution < 1.29 is 23.8 Å². The van der Waals surface area contributed by atoms with Gasteiger partial charge in [-0.3, -0.25) is 9.59 Å². The number of carbonyl (C=O) groups excluding carboxylic acids is 2. The quantitative estimate of drug-likeness (QED) is 0.798. The largest absolute Gasteiger partial charge is 0.493 e. The molecule has 1 aliphatic heterocycles. The molecule has 1 amide bonds. The molecule has 0 spiro atoms. The number of methoxy groups -OCH3 is 2. The van der Waals surface area contributed by atoms with Crippen molar-refractivity contribution in [3.05, 3.63) is 23.3 Å². The summed E-state index contributed by atoms with van der Waals surface area (Å²) in [4.78, 5) is 25.6. The molecule has 2 rings (SSSR count). The Morgan fingerprint density at radius 2 is 1.77 bits per heavy atom. The average Bonchev–Trinajstić information content (AvgIpc) is 2.78. The predicted molar refractivity (Wildman–Crippen MR) is 79.8 cm³/mol. The van der Waals surface area contributed by atoms with Gasteiger partial charge in [-0.2, -0.15) is 0 Å². The summed E-state index contributed by atoms with van der Waals surface area (Å²) >= 11 is 0. The lowest BCUT2D eigenvalue weighted by molar-refractivity contribution is -0.156. The minimum absolute atomic E-state index is 0.0613. The van der Waals surface area contributed by atoms with Crippen LogP contribution >= 0.6 is 0 Å². The summed E-state index contributed by atoms with van der Waals surface area (Å²) in [6, 6.07) is 3.43. The van der Waals surface area contributed by atoms with Crippen molar-refractivity contribution in [3.8, 4) is 11.5 Å². The molecule has 1 aromatic carbocycles. The second-order valence-electron chi connectivity index (χ2n) is 6.18. The van der Waals surface area contributed by atoms with E-state index in [1.807, 2.05) is 0 Å². The molecule has 0 aromatic heterocycles. The van der Waals surface area contributed by atoms with Crippen LogP contribution in [0.4, 0.5) is 0 Å². The van der Waals surface area contributed by atoms with Crippen molar-refractivity contribution in [3.63, 3.8) is 0 Å². The van der Waals surface area contributed by atoms with Gasteiger partial charge in [0.15, 0.2) is 18.2 Å². The van der Waals surface area contributed by atoms with Crippen molar-refractivity contribution in [2.45, 2.75) is 27.3 Å². The fourth-order valence-electron chi connectivity index (χ4n) is 2.16. The van der Waals surface area contributed by atoms with Crippen LogP contribution in [0, 0.1) is 5.41 Å². The summed E-state index contributed by atoms with van der Waals surface area (Å²) in [6.45, 7) is 5.63. The molecule has 0 unspecified atom stereocenters. The van der Waals surface area contributed by atoms with Gasteiger partial charge < -0.3 is 19.1 Å². The highest BCUT2D eigenvalue weighted by atomic mass is 16.5. The summed E-state index contributed by atoms with van der Waals surface area (Å²) in [6.07, 6.45) is 0. The normalized spacial score (nSPS) is 13.9. The zero-order valence-corrected chi connectivity index (χ0v) is 13.6. The van der Waals surface area contributed by atoms with Gasteiger partial charge in [0, 0.05) is 5.56 Å². The van der Waals surface area contributed by atoms with E-state index in [0.717, 1.165) is 5.56 Å². The second kappa shape index (κ2) is 5.87. The lowest BCUT2D eigenvalue weighted by Gasteiger charge is -2.20. The third-order valence-electron chi connectivity index (χ3n) is 3.45. The molecular formula is C16H21NO5. The minimum Gasteiger partial charge on any atom is -0.493 e. The van der Waals surface area contributed by atoms with E-state index in [-0.39, 0.29) is 18.6 Å². The Morgan fingerprint density at radius 1 is 1.18 bits per heavy atom. The van der Waals surface area contributed by atoms with Gasteiger partial charge in [0.2, 0.25) is 0 Å². The van der Waals surface area contributed by atoms with Gasteiger partial charge in [0.05, 0.1) is 26.2 Å². The molecule has 0 bridgehead atoms. The summed E-state index contributed by atoms with van der Waals surface area (Å²) in [5.74, 6) is 0.551. The van der Waals surface area contributed by atoms with E-state index in [9.17, 15) is 9.59 Å². The fraction of sp³-hybridized carbons (Fsp3) is 0.500. The predicted octanol–water partition coefficient (Wildman–Crippen LogP) is 2.21. The lowest BCUT2D eigenvalue weighted by atomic mass is 9.98. The van der Waals surface area contributed by atoms with Crippen LogP contribution in [-0.4, -0.2) is 37.7 Å². The average molecular weight is 307 g/mol. The molecule has 0 atom stereocenters. The van der Waals surface area contributed by atoms with Gasteiger partial charge in [0.1, 0.15) is 0 Å². The molecular weight excluding hydrogens is 286 g/mol. The van der Waals surface area contributed by atoms with E-state index >= 15 is 0 Å². The first-order valence-corrected chi connectivity index (χ1v) is 6.99. The van der Waals surface area contributed by atoms with E-state index in [1.165, 1.54) is 12.0 Å². The van der Waals surface area contributed by atoms with Crippen LogP contribution in [0.15, 0.2) is 12.1 Å². The van der Waals surface area contributed by atoms with Crippen molar-refractivity contribution in [2.75, 3.05) is 21.0 Å². The van der Waals surface area contributed by atoms with Crippen LogP contribution in [0.3, 0.4) is 0 Å². The summed E-state index contributed by atoms with van der Waals surface area (Å²) < 4.78 is 15.7. The van der Waals surface area contributed by atoms with Crippen LogP contribution < -0.4 is 9.47 Å². The first-order chi connectivity index (χ1) is 10.3. The number of fused-ring (bicyclic) bond motifs is 1. The first kappa shape index (κ1) is 16.1. The summed E-state index contributed by atoms with van der Waals surface area (Å²) in [5, 5.41) is 0. The summed E-state index contributed by atoms with van der Waals surface area (Å²) in [5.41, 5.74) is 0.779. The number of amides is 1. The van der Waals surface area contributed by atoms with Gasteiger partial charge in [-0.15, -0.1) is 0 Å². The summed E-state index contributed by atoms with van der Waals surface area (Å²) in [7, 11) is 3.07. The van der Waals surface area contributed by atoms with E-state index in [4.69, 9.17) is 14.2 Å². The van der Waals surface area contributed by atoms with Gasteiger partial charge in [0.25, 0.3) is 5.91 Å². The standard InChI is InChI=1S/C16H21NO5/c1-16(2,3)15(19)22-9-17-8-10-6-12(20-4)13(21-5)7-11(10)14(17)18/h6-7H,8-9H2,1-5H3. The highest BCUT2D eigenvalue weighted by molar-refractivity contribution is 5.99. The van der Waals surface area contributed by atoms with Crippen molar-refractivity contribution in [2.24, 2.45) is 5.41 Å². The SMILES string of the molecule is COc1cc2c(cc1OC)C(=O)N(COC(=O)C(C)(C)C)C2. The molecule has 0 radical (unpaired) electrons. The van der Waals surface area contributed by atoms with E-state index in [2.05, 4.69) is 0 Å². The smallest absolute Gasteiger partial charge is 0.312 e. The van der Waals surface area contributed by atoms with E-state index in [1.54, 1.807) is 40.0 Å². The van der Waals surface area contributed by atoms with Crippen LogP contribution in [0.2, 0.25) is 0 Å². The maximum Gasteiger partial charge on any atom is 0.312 e. The van der Waals surface area contributed by atoms with Gasteiger partial charge >= 0.3 is 5.97 Å². The minimum atomic E-state index is -0.595. The number of esters is 1. The fourth-order valence-corrected chi connectivity index (χ4v) is 2.16. The van der Waals surface area contributed by atoms with Crippen molar-refractivity contribution in [1.29, 1.82) is 0 Å². The van der Waals surface area contributed by atoms with Gasteiger partial charge in [-0.1, -0.05) is 0 Å². The number of ether oxygens (including phenoxy) is 3. The molecule has 120 valence electrons. The molecule has 0 aliphatic carbocycles. The third kappa shape index (κ3) is 3.00. The van der Waals surface area contributed by atoms with Crippen molar-refractivity contribution in [1.82, 2.24) is 4.90 Å². The molecule has 1 heterocycles. The number of hydrogen-bond acceptors (Lipinski definition) is 5. The Balaban J connectivity index is 2.13. The number of carbonyl (C=O) groups is 2. The maximum atomic E-state index is 12.4. The Hall–Kier alpha value is -2.24. The highest BCUT2D eigenvalue weighted by Crippen LogP contribution is 2.34. The zero-order valence-electron chi connectivity index (χ0n) is 13.6. The van der Waals surface area contributed by atoms with Crippen LogP contribution in [0.25, 0.3) is 0 Å². The Labute approximate surface area is 129 Å². The molecule has 0 saturated heterocycles. The number of rotatable bonds is 4. The molecule has 1 aliphatic rings. The Kier molecular flexibility index (Phi) is 4.30. The van der Waals surface area contributed by atoms with Gasteiger partial charge in [-0.25, -0.2) is 0 Å². The number of hydrogen-bond donors (Lipinski definition) is 0. The first-order valence-electron chi connectivity index (χ1n) is 6.99. The van der Waals surface area contributed by atoms with E-state index in [0.29, 0.717) is 23.6 Å². The number of benzene rings is 1. The van der Waals surface area contributed by atoms with Crippen LogP contribution in [-0.2, 0) is 16.1 Å². The van der Waals surface area contributed by atoms with Crippen molar-refractivity contribution >= 4 is 11.9 Å². The third-order valence-corrected chi connectivity index (χ3v) is 3.45. The highest BCUT2D eigenvalue weighted by Gasteiger charge is 2.31. The second-order valence-corrected chi connectivity index (χ2v) is 6.18. The molecule has 0 N–H and O–H groups in total. The monoisotopic (exact) mass is 307 g/mol. The van der Waals surface area contributed by atoms with Crippen LogP contribution in [0.1, 0.15) is 36.7 Å². The van der Waals surface area contributed by atoms with Gasteiger partial charge in [-0.05, 0) is 38.5 Å². The van der Waals surface area contributed by atoms with E-state index < -0.39 is 5.41 Å². The molecule has 1 aromatic rings. The topological polar surface area (TPSA) is 65.1 Å². The molecule has 6 heteroatoms. The molecule has 22 heavy (non-hydrogen) atoms. The number of nitrogens with zero attached hydrogens (tertiary/aromatic N) is 1. The Morgan fingerprint density at radius 3 is 2.32 bits per heavy atom. The van der Waals surface area contributed by atoms with Crippen LogP contribution in [0.5, 0.6) is 11.5 Å². The molecule has 0 fully saturated rings. The molecule has 0 saturated carbocycles. The lowest BCUT2D eigenvalue weighted by Crippen LogP contribution is -2.32. The maximum absolute atomic E-state index is 12.4. The molecule has 6 nitrogen and oxygen atoms in total. The zero-order chi connectivity index (χ0) is 16.5.